The van der Waals surface area contributed by atoms with Gasteiger partial charge in [-0.2, -0.15) is 5.26 Å². The number of fused-ring (bicyclic) bond motifs is 4. The average Bonchev–Trinajstić information content (AvgIpc) is 3.18. The third-order valence-electron chi connectivity index (χ3n) is 5.14. The molecule has 3 aromatic rings. The first-order valence-corrected chi connectivity index (χ1v) is 9.21. The molecule has 0 spiro atoms. The highest BCUT2D eigenvalue weighted by atomic mass is 16.2. The Bertz CT molecular complexity index is 1110. The minimum absolute atomic E-state index is 0.0426. The number of anilines is 3. The number of rotatable bonds is 2. The van der Waals surface area contributed by atoms with Crippen LogP contribution in [0.3, 0.4) is 0 Å². The molecule has 0 radical (unpaired) electrons. The Morgan fingerprint density at radius 1 is 1.17 bits per heavy atom. The molecule has 1 saturated heterocycles. The number of carbonyl (C=O) groups excluding carboxylic acids is 1. The van der Waals surface area contributed by atoms with E-state index in [1.165, 1.54) is 12.4 Å². The second-order valence-electron chi connectivity index (χ2n) is 6.86. The number of carbonyl (C=O) groups is 1. The second-order valence-corrected chi connectivity index (χ2v) is 6.86. The number of aromatic nitrogens is 4. The van der Waals surface area contributed by atoms with Crippen LogP contribution in [-0.4, -0.2) is 45.1 Å². The van der Waals surface area contributed by atoms with Gasteiger partial charge in [-0.15, -0.1) is 0 Å². The summed E-state index contributed by atoms with van der Waals surface area (Å²) in [6, 6.07) is 9.14. The van der Waals surface area contributed by atoms with Gasteiger partial charge in [-0.3, -0.25) is 15.2 Å². The topological polar surface area (TPSA) is 111 Å². The molecule has 2 amide bonds. The van der Waals surface area contributed by atoms with Crippen molar-refractivity contribution in [1.29, 1.82) is 5.26 Å². The summed E-state index contributed by atoms with van der Waals surface area (Å²) in [5.41, 5.74) is 2.76. The molecule has 1 N–H and O–H groups in total. The van der Waals surface area contributed by atoms with Crippen LogP contribution in [0, 0.1) is 11.3 Å². The normalized spacial score (nSPS) is 16.9. The molecular formula is C20H16N8O. The van der Waals surface area contributed by atoms with E-state index in [-0.39, 0.29) is 12.1 Å². The highest BCUT2D eigenvalue weighted by Crippen LogP contribution is 2.40. The zero-order valence-electron chi connectivity index (χ0n) is 15.4. The Balaban J connectivity index is 1.52. The average molecular weight is 384 g/mol. The SMILES string of the molecule is N#Cc1ccc(-c2ccc3c(n2)N(C(=O)Nc2cnccn2)C2CCN3C2)cn1. The summed E-state index contributed by atoms with van der Waals surface area (Å²) in [6.07, 6.45) is 7.09. The van der Waals surface area contributed by atoms with Gasteiger partial charge >= 0.3 is 6.03 Å². The van der Waals surface area contributed by atoms with E-state index in [9.17, 15) is 4.79 Å². The summed E-state index contributed by atoms with van der Waals surface area (Å²) in [4.78, 5) is 34.1. The summed E-state index contributed by atoms with van der Waals surface area (Å²) in [6.45, 7) is 1.66. The van der Waals surface area contributed by atoms with Gasteiger partial charge in [0.05, 0.1) is 23.6 Å². The Morgan fingerprint density at radius 2 is 2.10 bits per heavy atom. The first-order valence-electron chi connectivity index (χ1n) is 9.21. The molecule has 1 unspecified atom stereocenters. The number of pyridine rings is 2. The fourth-order valence-electron chi connectivity index (χ4n) is 3.78. The third-order valence-corrected chi connectivity index (χ3v) is 5.14. The molecular weight excluding hydrogens is 368 g/mol. The van der Waals surface area contributed by atoms with Gasteiger partial charge in [0, 0.05) is 37.2 Å². The Hall–Kier alpha value is -4.06. The van der Waals surface area contributed by atoms with Crippen LogP contribution in [0.15, 0.2) is 49.1 Å². The standard InChI is InChI=1S/C20H16N8O/c21-9-14-2-1-13(10-24-14)16-3-4-17-19(25-16)28(15-5-8-27(17)12-15)20(29)26-18-11-22-6-7-23-18/h1-4,6-7,10-11,15H,5,8,12H2,(H,23,26,29). The van der Waals surface area contributed by atoms with Crippen molar-refractivity contribution in [2.45, 2.75) is 12.5 Å². The van der Waals surface area contributed by atoms with Crippen molar-refractivity contribution in [3.8, 4) is 17.3 Å². The maximum atomic E-state index is 13.1. The van der Waals surface area contributed by atoms with Crippen LogP contribution >= 0.6 is 0 Å². The number of urea groups is 1. The van der Waals surface area contributed by atoms with Crippen LogP contribution < -0.4 is 15.1 Å². The number of amides is 2. The van der Waals surface area contributed by atoms with Crippen molar-refractivity contribution in [3.63, 3.8) is 0 Å². The zero-order valence-corrected chi connectivity index (χ0v) is 15.4. The maximum absolute atomic E-state index is 13.1. The van der Waals surface area contributed by atoms with Gasteiger partial charge in [0.1, 0.15) is 11.8 Å². The molecule has 9 heteroatoms. The largest absolute Gasteiger partial charge is 0.366 e. The number of nitriles is 1. The van der Waals surface area contributed by atoms with Gasteiger partial charge in [-0.05, 0) is 30.7 Å². The first-order chi connectivity index (χ1) is 14.2. The van der Waals surface area contributed by atoms with E-state index >= 15 is 0 Å². The molecule has 0 saturated carbocycles. The number of hydrogen-bond acceptors (Lipinski definition) is 7. The molecule has 29 heavy (non-hydrogen) atoms. The van der Waals surface area contributed by atoms with Gasteiger partial charge in [0.15, 0.2) is 11.6 Å². The summed E-state index contributed by atoms with van der Waals surface area (Å²) >= 11 is 0. The molecule has 3 aromatic heterocycles. The maximum Gasteiger partial charge on any atom is 0.329 e. The predicted molar refractivity (Wildman–Crippen MR) is 106 cm³/mol. The van der Waals surface area contributed by atoms with Crippen LogP contribution in [0.1, 0.15) is 12.1 Å². The van der Waals surface area contributed by atoms with Gasteiger partial charge < -0.3 is 4.90 Å². The van der Waals surface area contributed by atoms with Crippen LogP contribution in [0.2, 0.25) is 0 Å². The molecule has 2 bridgehead atoms. The van der Waals surface area contributed by atoms with Crippen molar-refractivity contribution in [3.05, 3.63) is 54.7 Å². The molecule has 9 nitrogen and oxygen atoms in total. The van der Waals surface area contributed by atoms with Crippen LogP contribution in [0.5, 0.6) is 0 Å². The Kier molecular flexibility index (Phi) is 4.02. The molecule has 1 fully saturated rings. The smallest absolute Gasteiger partial charge is 0.329 e. The van der Waals surface area contributed by atoms with Crippen LogP contribution in [0.25, 0.3) is 11.3 Å². The highest BCUT2D eigenvalue weighted by Gasteiger charge is 2.40. The molecule has 0 aliphatic carbocycles. The minimum Gasteiger partial charge on any atom is -0.366 e. The zero-order chi connectivity index (χ0) is 19.8. The number of nitrogens with zero attached hydrogens (tertiary/aromatic N) is 7. The molecule has 5 heterocycles. The molecule has 5 rings (SSSR count). The quantitative estimate of drug-likeness (QED) is 0.722. The third kappa shape index (κ3) is 3.00. The molecule has 0 aromatic carbocycles. The molecule has 1 atom stereocenters. The van der Waals surface area contributed by atoms with Gasteiger partial charge in [0.25, 0.3) is 0 Å². The Labute approximate surface area is 166 Å². The van der Waals surface area contributed by atoms with Crippen molar-refractivity contribution >= 4 is 23.4 Å². The molecule has 142 valence electrons. The summed E-state index contributed by atoms with van der Waals surface area (Å²) in [5, 5.41) is 11.8. The lowest BCUT2D eigenvalue weighted by Gasteiger charge is -2.35. The fourth-order valence-corrected chi connectivity index (χ4v) is 3.78. The summed E-state index contributed by atoms with van der Waals surface area (Å²) < 4.78 is 0. The van der Waals surface area contributed by atoms with Crippen molar-refractivity contribution in [2.75, 3.05) is 28.2 Å². The summed E-state index contributed by atoms with van der Waals surface area (Å²) in [7, 11) is 0. The number of hydrogen-bond donors (Lipinski definition) is 1. The molecule has 2 aliphatic rings. The van der Waals surface area contributed by atoms with Crippen molar-refractivity contribution in [1.82, 2.24) is 19.9 Å². The van der Waals surface area contributed by atoms with Gasteiger partial charge in [-0.1, -0.05) is 0 Å². The second kappa shape index (κ2) is 6.83. The highest BCUT2D eigenvalue weighted by molar-refractivity contribution is 6.04. The van der Waals surface area contributed by atoms with E-state index < -0.39 is 0 Å². The van der Waals surface area contributed by atoms with Gasteiger partial charge in [0.2, 0.25) is 0 Å². The van der Waals surface area contributed by atoms with Crippen molar-refractivity contribution < 1.29 is 4.79 Å². The first kappa shape index (κ1) is 17.1. The predicted octanol–water partition coefficient (Wildman–Crippen LogP) is 2.44. The Morgan fingerprint density at radius 3 is 2.86 bits per heavy atom. The van der Waals surface area contributed by atoms with E-state index in [0.29, 0.717) is 23.0 Å². The van der Waals surface area contributed by atoms with Crippen molar-refractivity contribution in [2.24, 2.45) is 0 Å². The summed E-state index contributed by atoms with van der Waals surface area (Å²) in [5.74, 6) is 1.01. The van der Waals surface area contributed by atoms with E-state index in [2.05, 4.69) is 25.2 Å². The van der Waals surface area contributed by atoms with E-state index in [1.807, 2.05) is 24.3 Å². The van der Waals surface area contributed by atoms with E-state index in [1.54, 1.807) is 23.4 Å². The lowest BCUT2D eigenvalue weighted by molar-refractivity contribution is 0.254. The van der Waals surface area contributed by atoms with Crippen LogP contribution in [-0.2, 0) is 0 Å². The van der Waals surface area contributed by atoms with E-state index in [0.717, 1.165) is 30.8 Å². The number of nitrogens with one attached hydrogen (secondary N) is 1. The van der Waals surface area contributed by atoms with Crippen LogP contribution in [0.4, 0.5) is 22.1 Å². The lowest BCUT2D eigenvalue weighted by atomic mass is 10.1. The monoisotopic (exact) mass is 384 g/mol. The van der Waals surface area contributed by atoms with Gasteiger partial charge in [-0.25, -0.2) is 19.7 Å². The minimum atomic E-state index is -0.277. The lowest BCUT2D eigenvalue weighted by Crippen LogP contribution is -2.48. The van der Waals surface area contributed by atoms with E-state index in [4.69, 9.17) is 10.2 Å². The molecule has 2 aliphatic heterocycles. The fraction of sp³-hybridized carbons (Fsp3) is 0.200.